The Kier molecular flexibility index (Phi) is 8.00. The average Bonchev–Trinajstić information content (AvgIpc) is 3.23. The Morgan fingerprint density at radius 1 is 1.03 bits per heavy atom. The number of morpholine rings is 1. The number of ketones is 1. The minimum Gasteiger partial charge on any atom is -0.379 e. The van der Waals surface area contributed by atoms with Gasteiger partial charge in [-0.3, -0.25) is 29.4 Å². The van der Waals surface area contributed by atoms with E-state index in [1.807, 2.05) is 12.1 Å². The summed E-state index contributed by atoms with van der Waals surface area (Å²) in [5.41, 5.74) is 6.06. The molecule has 1 unspecified atom stereocenters. The standard InChI is InChI=1S/C30H35N3O5/c1-20-16-22(2-5-23(20)10-11-32-12-14-38-15-13-32)18-25(34)6-3-21-4-7-26-24(17-21)19-33(30(26)37)27-8-9-28(35)31-29(27)36/h2,4-5,7,16-17,27H,3,6,8-15,18-19H2,1H3,(H,31,35,36). The van der Waals surface area contributed by atoms with Crippen molar-refractivity contribution in [3.63, 3.8) is 0 Å². The van der Waals surface area contributed by atoms with Crippen LogP contribution in [0.15, 0.2) is 36.4 Å². The summed E-state index contributed by atoms with van der Waals surface area (Å²) in [6.07, 6.45) is 3.04. The largest absolute Gasteiger partial charge is 0.379 e. The summed E-state index contributed by atoms with van der Waals surface area (Å²) < 4.78 is 5.42. The molecule has 2 aromatic carbocycles. The second-order valence-corrected chi connectivity index (χ2v) is 10.6. The molecule has 0 aliphatic carbocycles. The van der Waals surface area contributed by atoms with Crippen molar-refractivity contribution < 1.29 is 23.9 Å². The van der Waals surface area contributed by atoms with E-state index in [1.165, 1.54) is 11.1 Å². The molecular formula is C30H35N3O5. The molecule has 0 aromatic heterocycles. The highest BCUT2D eigenvalue weighted by atomic mass is 16.5. The Morgan fingerprint density at radius 2 is 1.82 bits per heavy atom. The van der Waals surface area contributed by atoms with Crippen LogP contribution in [-0.2, 0) is 44.9 Å². The van der Waals surface area contributed by atoms with Crippen molar-refractivity contribution in [3.05, 3.63) is 69.8 Å². The van der Waals surface area contributed by atoms with Gasteiger partial charge in [-0.2, -0.15) is 0 Å². The van der Waals surface area contributed by atoms with Crippen LogP contribution >= 0.6 is 0 Å². The maximum absolute atomic E-state index is 12.9. The average molecular weight is 518 g/mol. The van der Waals surface area contributed by atoms with Crippen LogP contribution in [0, 0.1) is 6.92 Å². The Hall–Kier alpha value is -3.36. The Labute approximate surface area is 223 Å². The summed E-state index contributed by atoms with van der Waals surface area (Å²) in [7, 11) is 0. The fourth-order valence-electron chi connectivity index (χ4n) is 5.63. The first-order valence-electron chi connectivity index (χ1n) is 13.5. The molecule has 0 saturated carbocycles. The zero-order valence-electron chi connectivity index (χ0n) is 22.0. The lowest BCUT2D eigenvalue weighted by atomic mass is 9.97. The molecule has 0 bridgehead atoms. The zero-order valence-corrected chi connectivity index (χ0v) is 22.0. The van der Waals surface area contributed by atoms with Crippen LogP contribution in [0.25, 0.3) is 0 Å². The normalized spacial score (nSPS) is 20.0. The number of aryl methyl sites for hydroxylation is 2. The van der Waals surface area contributed by atoms with Crippen LogP contribution in [0.4, 0.5) is 0 Å². The van der Waals surface area contributed by atoms with Gasteiger partial charge >= 0.3 is 0 Å². The second kappa shape index (κ2) is 11.6. The molecule has 1 N–H and O–H groups in total. The zero-order chi connectivity index (χ0) is 26.6. The van der Waals surface area contributed by atoms with Gasteiger partial charge in [-0.15, -0.1) is 0 Å². The van der Waals surface area contributed by atoms with Crippen molar-refractivity contribution in [3.8, 4) is 0 Å². The van der Waals surface area contributed by atoms with E-state index in [0.29, 0.717) is 37.8 Å². The van der Waals surface area contributed by atoms with E-state index in [1.54, 1.807) is 11.0 Å². The van der Waals surface area contributed by atoms with Gasteiger partial charge in [0, 0.05) is 51.0 Å². The van der Waals surface area contributed by atoms with Gasteiger partial charge in [0.25, 0.3) is 5.91 Å². The van der Waals surface area contributed by atoms with E-state index in [9.17, 15) is 19.2 Å². The molecule has 2 aromatic rings. The molecule has 8 nitrogen and oxygen atoms in total. The molecule has 3 heterocycles. The maximum Gasteiger partial charge on any atom is 0.255 e. The van der Waals surface area contributed by atoms with Crippen molar-refractivity contribution in [2.75, 3.05) is 32.8 Å². The first kappa shape index (κ1) is 26.3. The van der Waals surface area contributed by atoms with Gasteiger partial charge in [0.1, 0.15) is 11.8 Å². The topological polar surface area (TPSA) is 96.0 Å². The molecule has 38 heavy (non-hydrogen) atoms. The quantitative estimate of drug-likeness (QED) is 0.513. The van der Waals surface area contributed by atoms with Gasteiger partial charge < -0.3 is 9.64 Å². The number of carbonyl (C=O) groups is 4. The number of rotatable bonds is 9. The molecule has 3 amide bonds. The fourth-order valence-corrected chi connectivity index (χ4v) is 5.63. The number of fused-ring (bicyclic) bond motifs is 1. The summed E-state index contributed by atoms with van der Waals surface area (Å²) >= 11 is 0. The van der Waals surface area contributed by atoms with Gasteiger partial charge in [0.15, 0.2) is 0 Å². The van der Waals surface area contributed by atoms with Gasteiger partial charge in [-0.25, -0.2) is 0 Å². The SMILES string of the molecule is Cc1cc(CC(=O)CCc2ccc3c(c2)CN(C2CCC(=O)NC2=O)C3=O)ccc1CCN1CCOCC1. The van der Waals surface area contributed by atoms with Crippen molar-refractivity contribution in [1.82, 2.24) is 15.1 Å². The van der Waals surface area contributed by atoms with Crippen molar-refractivity contribution in [2.24, 2.45) is 0 Å². The Balaban J connectivity index is 1.12. The first-order valence-corrected chi connectivity index (χ1v) is 13.5. The number of ether oxygens (including phenoxy) is 1. The van der Waals surface area contributed by atoms with Crippen LogP contribution in [0.2, 0.25) is 0 Å². The smallest absolute Gasteiger partial charge is 0.255 e. The number of piperidine rings is 1. The second-order valence-electron chi connectivity index (χ2n) is 10.6. The number of hydrogen-bond donors (Lipinski definition) is 1. The lowest BCUT2D eigenvalue weighted by Gasteiger charge is -2.29. The van der Waals surface area contributed by atoms with Crippen molar-refractivity contribution in [2.45, 2.75) is 58.0 Å². The van der Waals surface area contributed by atoms with E-state index >= 15 is 0 Å². The van der Waals surface area contributed by atoms with Crippen molar-refractivity contribution in [1.29, 1.82) is 0 Å². The van der Waals surface area contributed by atoms with Crippen LogP contribution in [0.1, 0.15) is 57.4 Å². The maximum atomic E-state index is 12.9. The molecular weight excluding hydrogens is 482 g/mol. The molecule has 3 aliphatic heterocycles. The molecule has 0 radical (unpaired) electrons. The molecule has 200 valence electrons. The van der Waals surface area contributed by atoms with Gasteiger partial charge in [0.2, 0.25) is 11.8 Å². The third-order valence-electron chi connectivity index (χ3n) is 7.89. The van der Waals surface area contributed by atoms with Crippen LogP contribution < -0.4 is 5.32 Å². The number of nitrogens with one attached hydrogen (secondary N) is 1. The third-order valence-corrected chi connectivity index (χ3v) is 7.89. The number of hydrogen-bond acceptors (Lipinski definition) is 6. The number of carbonyl (C=O) groups excluding carboxylic acids is 4. The van der Waals surface area contributed by atoms with E-state index < -0.39 is 11.9 Å². The van der Waals surface area contributed by atoms with Gasteiger partial charge in [-0.05, 0) is 60.1 Å². The Bertz CT molecular complexity index is 1250. The minimum absolute atomic E-state index is 0.180. The highest BCUT2D eigenvalue weighted by Gasteiger charge is 2.39. The lowest BCUT2D eigenvalue weighted by Crippen LogP contribution is -2.52. The Morgan fingerprint density at radius 3 is 2.58 bits per heavy atom. The predicted molar refractivity (Wildman–Crippen MR) is 142 cm³/mol. The molecule has 5 rings (SSSR count). The van der Waals surface area contributed by atoms with E-state index in [2.05, 4.69) is 35.3 Å². The molecule has 0 spiro atoms. The summed E-state index contributed by atoms with van der Waals surface area (Å²) in [6.45, 7) is 7.09. The highest BCUT2D eigenvalue weighted by Crippen LogP contribution is 2.28. The first-order chi connectivity index (χ1) is 18.4. The van der Waals surface area contributed by atoms with E-state index in [0.717, 1.165) is 56.0 Å². The third kappa shape index (κ3) is 6.03. The summed E-state index contributed by atoms with van der Waals surface area (Å²) in [4.78, 5) is 53.3. The molecule has 2 saturated heterocycles. The van der Waals surface area contributed by atoms with Crippen molar-refractivity contribution >= 4 is 23.5 Å². The summed E-state index contributed by atoms with van der Waals surface area (Å²) in [6, 6.07) is 11.4. The number of Topliss-reactive ketones (excluding diaryl/α,β-unsaturated/α-hetero) is 1. The van der Waals surface area contributed by atoms with E-state index in [4.69, 9.17) is 4.74 Å². The minimum atomic E-state index is -0.619. The van der Waals surface area contributed by atoms with Gasteiger partial charge in [-0.1, -0.05) is 30.3 Å². The monoisotopic (exact) mass is 517 g/mol. The molecule has 8 heteroatoms. The predicted octanol–water partition coefficient (Wildman–Crippen LogP) is 2.38. The van der Waals surface area contributed by atoms with Crippen LogP contribution in [0.5, 0.6) is 0 Å². The molecule has 3 aliphatic rings. The summed E-state index contributed by atoms with van der Waals surface area (Å²) in [5.74, 6) is -0.695. The van der Waals surface area contributed by atoms with E-state index in [-0.39, 0.29) is 24.0 Å². The number of benzene rings is 2. The van der Waals surface area contributed by atoms with Gasteiger partial charge in [0.05, 0.1) is 13.2 Å². The van der Waals surface area contributed by atoms with Crippen LogP contribution in [0.3, 0.4) is 0 Å². The summed E-state index contributed by atoms with van der Waals surface area (Å²) in [5, 5.41) is 2.33. The number of amides is 3. The highest BCUT2D eigenvalue weighted by molar-refractivity contribution is 6.05. The molecule has 1 atom stereocenters. The molecule has 2 fully saturated rings. The van der Waals surface area contributed by atoms with Crippen LogP contribution in [-0.4, -0.2) is 72.2 Å². The lowest BCUT2D eigenvalue weighted by molar-refractivity contribution is -0.137. The number of nitrogens with zero attached hydrogens (tertiary/aromatic N) is 2. The fraction of sp³-hybridized carbons (Fsp3) is 0.467. The number of imide groups is 1.